The summed E-state index contributed by atoms with van der Waals surface area (Å²) in [6.45, 7) is 0.0333. The van der Waals surface area contributed by atoms with Gasteiger partial charge in [-0.1, -0.05) is 162 Å². The zero-order valence-corrected chi connectivity index (χ0v) is 85.4. The molecule has 134 heavy (non-hydrogen) atoms. The predicted octanol–water partition coefficient (Wildman–Crippen LogP) is 20.9. The normalized spacial score (nSPS) is 12.3. The molecule has 3 aliphatic rings. The topological polar surface area (TPSA) is 360 Å². The number of aliphatic carboxylic acids is 1. The molecule has 6 N–H and O–H groups in total. The first-order chi connectivity index (χ1) is 63.2. The van der Waals surface area contributed by atoms with Gasteiger partial charge in [-0.3, -0.25) is 19.2 Å². The summed E-state index contributed by atoms with van der Waals surface area (Å²) >= 11 is 51.9. The number of phenolic OH excluding ortho intramolecular Hbond substituents is 2. The van der Waals surface area contributed by atoms with Crippen LogP contribution in [0.3, 0.4) is 0 Å². The van der Waals surface area contributed by atoms with E-state index in [2.05, 4.69) is 97.3 Å². The monoisotopic (exact) mass is 2280 g/mol. The van der Waals surface area contributed by atoms with Crippen LogP contribution in [0.2, 0.25) is 30.1 Å². The van der Waals surface area contributed by atoms with Crippen molar-refractivity contribution in [1.29, 1.82) is 0 Å². The first-order valence-electron chi connectivity index (χ1n) is 38.9. The molecule has 0 aliphatic heterocycles. The van der Waals surface area contributed by atoms with Crippen molar-refractivity contribution in [3.05, 3.63) is 355 Å². The second kappa shape index (κ2) is 60.8. The molecule has 37 heteroatoms. The number of aliphatic hydroxyl groups excluding tert-OH is 2. The molecule has 0 radical (unpaired) electrons. The number of fused-ring (bicyclic) bond motifs is 3. The van der Waals surface area contributed by atoms with E-state index >= 15 is 0 Å². The number of phenols is 2. The van der Waals surface area contributed by atoms with Gasteiger partial charge in [0.1, 0.15) is 68.6 Å². The molecule has 0 saturated heterocycles. The molecule has 14 rings (SSSR count). The summed E-state index contributed by atoms with van der Waals surface area (Å²) in [6, 6.07) is 66.3. The number of methoxy groups -OCH3 is 4. The Bertz CT molecular complexity index is 5730. The van der Waals surface area contributed by atoms with Crippen molar-refractivity contribution in [2.45, 2.75) is 51.0 Å². The number of benzene rings is 11. The number of aromatic hydroxyl groups is 2. The van der Waals surface area contributed by atoms with Crippen LogP contribution >= 0.6 is 152 Å². The number of carbonyl (C=O) groups excluding carboxylic acids is 7. The number of carboxylic acid groups (broad SMARTS) is 1. The van der Waals surface area contributed by atoms with E-state index in [1.807, 2.05) is 72.8 Å². The molecule has 11 aromatic carbocycles. The average molecular weight is 2280 g/mol. The summed E-state index contributed by atoms with van der Waals surface area (Å²) < 4.78 is 49.9. The predicted molar refractivity (Wildman–Crippen MR) is 533 cm³/mol. The first-order valence-corrected chi connectivity index (χ1v) is 50.8. The van der Waals surface area contributed by atoms with Gasteiger partial charge in [0.25, 0.3) is 0 Å². The molecule has 3 aliphatic carbocycles. The van der Waals surface area contributed by atoms with Gasteiger partial charge in [0, 0.05) is 88.1 Å². The second-order valence-electron chi connectivity index (χ2n) is 27.6. The number of hydrogen-bond donors (Lipinski definition) is 5. The van der Waals surface area contributed by atoms with Crippen LogP contribution in [0.5, 0.6) is 46.0 Å². The van der Waals surface area contributed by atoms with Crippen molar-refractivity contribution < 1.29 is 136 Å². The fourth-order valence-electron chi connectivity index (χ4n) is 11.8. The smallest absolute Gasteiger partial charge is 0.870 e. The molecule has 700 valence electrons. The maximum absolute atomic E-state index is 12.8. The van der Waals surface area contributed by atoms with Crippen LogP contribution in [-0.2, 0) is 93.9 Å². The van der Waals surface area contributed by atoms with Crippen molar-refractivity contribution in [1.82, 2.24) is 0 Å². The average Bonchev–Trinajstić information content (AvgIpc) is 1.66. The van der Waals surface area contributed by atoms with Crippen LogP contribution in [0, 0.1) is 0 Å². The Morgan fingerprint density at radius 1 is 0.351 bits per heavy atom. The SMILES string of the molecule is BrP(Br)Br.COC(=O)CBr.COC(=O)COc1ccc(CBr)cc1.COC(=O)COc1ccc(CO)cc1.COC(=O)COc1ccc(COc2ccc3c(c2)C/C(=C\c2cc(Cl)cc(Cl)c2)C3=O)cc1.O=C(O)COc1ccc(COc2ccc3c(c2)C/C(=C\c2cc(Cl)cc(Cl)c2)C3=O)cc1.O=C1/C(=C/c2cc(Cl)cc(Cl)c2)Cc2cc(O)ccc21.OCc1ccc(O)cc1.[Li+].[OH-]. The van der Waals surface area contributed by atoms with Crippen molar-refractivity contribution in [3.63, 3.8) is 0 Å². The quantitative estimate of drug-likeness (QED) is 0.00886. The van der Waals surface area contributed by atoms with Crippen molar-refractivity contribution >= 4 is 217 Å². The molecule has 0 heterocycles. The molecule has 0 atom stereocenters. The molecule has 0 bridgehead atoms. The van der Waals surface area contributed by atoms with E-state index in [-0.39, 0.29) is 114 Å². The Hall–Kier alpha value is -9.55. The standard InChI is InChI=1S/C26H20Cl2O5.C25H18Cl2O5.C16H10Cl2O2.C10H11BrO3.C10H12O4.C7H8O2.C3H5BrO2.Br3P.Li.H2O/c1-31-25(29)15-33-22-4-2-16(3-5-22)14-32-23-6-7-24-18(12-23)11-19(26(24)30)8-17-9-20(27)13-21(28)10-17;26-19-8-16(9-20(27)12-19)7-18-10-17-11-22(5-6-23(17)25(18)30)31-13-15-1-3-21(4-2-15)32-14-24(28)29;17-12-4-9(5-13(18)8-12)3-11-6-10-7-14(19)1-2-15(10)16(11)20;2*1-13-10(12)7-14-9-4-2-8(6-11)3-5-9;8-5-6-1-3-7(9)4-2-6;1-6-3(5)2-4;1-4(2)3;;/h2-10,12-13H,11,14-15H2,1H3;1-9,11-12H,10,13-14H2,(H,28,29);1-5,7-8,19H,6H2;2-5H,6-7H2,1H3;2-5,11H,6-7H2,1H3;1-4,8-9H,5H2;2H2,1H3;;;1H2/q;;;;;;;;+1;/p-1/b19-8+;18-7+;11-3+;;;;;;;. The number of halogens is 11. The minimum atomic E-state index is -1.03. The van der Waals surface area contributed by atoms with Gasteiger partial charge in [-0.05, 0) is 296 Å². The molecule has 11 aromatic rings. The molecule has 24 nitrogen and oxygen atoms in total. The summed E-state index contributed by atoms with van der Waals surface area (Å²) in [5, 5.41) is 48.4. The number of rotatable bonds is 25. The first kappa shape index (κ1) is 115. The van der Waals surface area contributed by atoms with Crippen LogP contribution in [0.1, 0.15) is 92.3 Å². The zero-order chi connectivity index (χ0) is 96.3. The van der Waals surface area contributed by atoms with Gasteiger partial charge in [-0.15, -0.1) is 0 Å². The number of ketones is 3. The molecule has 0 spiro atoms. The molecular weight excluding hydrogens is 2200 g/mol. The molecule has 0 amide bonds. The van der Waals surface area contributed by atoms with Gasteiger partial charge in [-0.2, -0.15) is 0 Å². The molecule has 0 fully saturated rings. The van der Waals surface area contributed by atoms with Crippen molar-refractivity contribution in [2.24, 2.45) is 0 Å². The van der Waals surface area contributed by atoms with Crippen molar-refractivity contribution in [2.75, 3.05) is 60.2 Å². The molecule has 0 saturated carbocycles. The van der Waals surface area contributed by atoms with Gasteiger partial charge in [0.05, 0.1) is 41.7 Å². The number of Topliss-reactive ketones (excluding diaryl/α,β-unsaturated/α-hetero) is 3. The van der Waals surface area contributed by atoms with Gasteiger partial charge in [-0.25, -0.2) is 19.2 Å². The van der Waals surface area contributed by atoms with E-state index in [1.165, 1.54) is 34.5 Å². The third-order valence-corrected chi connectivity index (χ3v) is 20.5. The van der Waals surface area contributed by atoms with Gasteiger partial charge >= 0.3 is 48.7 Å². The summed E-state index contributed by atoms with van der Waals surface area (Å²) in [6.07, 6.45) is 6.95. The minimum Gasteiger partial charge on any atom is -0.870 e. The third-order valence-electron chi connectivity index (χ3n) is 18.1. The molecule has 0 unspecified atom stereocenters. The van der Waals surface area contributed by atoms with E-state index < -0.39 is 17.9 Å². The Morgan fingerprint density at radius 2 is 0.612 bits per heavy atom. The fraction of sp³-hybridized carbons (Fsp3) is 0.175. The number of aliphatic hydroxyl groups is 2. The van der Waals surface area contributed by atoms with Crippen LogP contribution in [0.4, 0.5) is 0 Å². The number of alkyl halides is 2. The van der Waals surface area contributed by atoms with Crippen LogP contribution in [0.25, 0.3) is 18.2 Å². The maximum Gasteiger partial charge on any atom is 1.00 e. The van der Waals surface area contributed by atoms with E-state index in [4.69, 9.17) is 118 Å². The van der Waals surface area contributed by atoms with E-state index in [0.717, 1.165) is 66.5 Å². The van der Waals surface area contributed by atoms with Crippen LogP contribution < -0.4 is 47.3 Å². The Kier molecular flexibility index (Phi) is 52.2. The third kappa shape index (κ3) is 41.2. The maximum atomic E-state index is 12.8. The van der Waals surface area contributed by atoms with Crippen LogP contribution in [-0.4, -0.2) is 138 Å². The summed E-state index contributed by atoms with van der Waals surface area (Å²) in [5.74, 6) is 1.49. The van der Waals surface area contributed by atoms with E-state index in [1.54, 1.807) is 170 Å². The largest absolute Gasteiger partial charge is 1.00 e. The number of ether oxygens (including phenoxy) is 10. The summed E-state index contributed by atoms with van der Waals surface area (Å²) in [7, 11) is 5.30. The van der Waals surface area contributed by atoms with Crippen LogP contribution in [0.15, 0.2) is 247 Å². The number of carboxylic acids is 1. The number of esters is 4. The molecule has 0 aromatic heterocycles. The number of carbonyl (C=O) groups is 8. The van der Waals surface area contributed by atoms with Gasteiger partial charge < -0.3 is 78.4 Å². The molecular formula is C97H85Br5Cl6LiO24P. The van der Waals surface area contributed by atoms with Gasteiger partial charge in [0.2, 0.25) is 0 Å². The Morgan fingerprint density at radius 3 is 0.888 bits per heavy atom. The Labute approximate surface area is 857 Å². The zero-order valence-electron chi connectivity index (χ0n) is 72.0. The Balaban J connectivity index is 0.000000290. The number of hydrogen-bond acceptors (Lipinski definition) is 23. The van der Waals surface area contributed by atoms with E-state index in [9.17, 15) is 43.5 Å². The van der Waals surface area contributed by atoms with Gasteiger partial charge in [0.15, 0.2) is 43.8 Å². The van der Waals surface area contributed by atoms with Crippen molar-refractivity contribution in [3.8, 4) is 46.0 Å². The summed E-state index contributed by atoms with van der Waals surface area (Å²) in [4.78, 5) is 90.9. The number of allylic oxidation sites excluding steroid dienone is 3. The fourth-order valence-corrected chi connectivity index (χ4v) is 14.0. The summed E-state index contributed by atoms with van der Waals surface area (Å²) in [5.41, 5.74) is 13.7. The van der Waals surface area contributed by atoms with E-state index in [0.29, 0.717) is 131 Å². The second-order valence-corrected chi connectivity index (χ2v) is 46.6. The minimum absolute atomic E-state index is 0.